The Balaban J connectivity index is 1.87. The van der Waals surface area contributed by atoms with Gasteiger partial charge < -0.3 is 9.30 Å². The fourth-order valence-electron chi connectivity index (χ4n) is 3.19. The smallest absolute Gasteiger partial charge is 0.302 e. The Hall–Kier alpha value is -2.95. The number of pyridine rings is 2. The molecule has 0 spiro atoms. The van der Waals surface area contributed by atoms with Gasteiger partial charge in [-0.3, -0.25) is 9.59 Å². The van der Waals surface area contributed by atoms with E-state index in [-0.39, 0.29) is 12.2 Å². The normalized spacial score (nSPS) is 12.1. The largest absolute Gasteiger partial charge is 0.461 e. The number of esters is 1. The summed E-state index contributed by atoms with van der Waals surface area (Å²) < 4.78 is 6.73. The van der Waals surface area contributed by atoms with Crippen molar-refractivity contribution in [3.63, 3.8) is 0 Å². The van der Waals surface area contributed by atoms with Crippen LogP contribution in [-0.2, 0) is 22.7 Å². The molecule has 2 aromatic heterocycles. The summed E-state index contributed by atoms with van der Waals surface area (Å²) in [6, 6.07) is 12.0. The summed E-state index contributed by atoms with van der Waals surface area (Å²) >= 11 is 0. The Morgan fingerprint density at radius 2 is 2.08 bits per heavy atom. The molecule has 5 heteroatoms. The first-order chi connectivity index (χ1) is 11.5. The van der Waals surface area contributed by atoms with Crippen LogP contribution in [0.25, 0.3) is 22.3 Å². The number of nitrogens with zero attached hydrogens (tertiary/aromatic N) is 2. The van der Waals surface area contributed by atoms with Gasteiger partial charge in [0.2, 0.25) is 0 Å². The van der Waals surface area contributed by atoms with Gasteiger partial charge in [-0.05, 0) is 30.7 Å². The van der Waals surface area contributed by atoms with E-state index in [4.69, 9.17) is 9.72 Å². The fraction of sp³-hybridized carbons (Fsp3) is 0.211. The zero-order valence-electron chi connectivity index (χ0n) is 13.5. The van der Waals surface area contributed by atoms with Crippen LogP contribution in [-0.4, -0.2) is 15.5 Å². The number of carbonyl (C=O) groups excluding carboxylic acids is 1. The maximum Gasteiger partial charge on any atom is 0.302 e. The van der Waals surface area contributed by atoms with Crippen LogP contribution in [0.5, 0.6) is 0 Å². The summed E-state index contributed by atoms with van der Waals surface area (Å²) in [6.07, 6.45) is 0. The maximum atomic E-state index is 12.8. The van der Waals surface area contributed by atoms with E-state index in [1.807, 2.05) is 37.3 Å². The first-order valence-electron chi connectivity index (χ1n) is 7.80. The van der Waals surface area contributed by atoms with E-state index in [0.29, 0.717) is 12.1 Å². The van der Waals surface area contributed by atoms with Crippen molar-refractivity contribution >= 4 is 16.9 Å². The minimum absolute atomic E-state index is 0.00598. The van der Waals surface area contributed by atoms with Gasteiger partial charge >= 0.3 is 5.97 Å². The quantitative estimate of drug-likeness (QED) is 0.533. The van der Waals surface area contributed by atoms with Crippen LogP contribution in [0, 0.1) is 6.92 Å². The molecule has 0 fully saturated rings. The molecule has 3 aromatic rings. The molecule has 0 aliphatic carbocycles. The number of ether oxygens (including phenoxy) is 1. The number of hydrogen-bond acceptors (Lipinski definition) is 4. The van der Waals surface area contributed by atoms with E-state index >= 15 is 0 Å². The first-order valence-corrected chi connectivity index (χ1v) is 7.80. The van der Waals surface area contributed by atoms with Gasteiger partial charge in [0.05, 0.1) is 29.0 Å². The molecule has 0 atom stereocenters. The van der Waals surface area contributed by atoms with Gasteiger partial charge in [0, 0.05) is 17.9 Å². The van der Waals surface area contributed by atoms with E-state index in [1.54, 1.807) is 4.57 Å². The Morgan fingerprint density at radius 3 is 2.88 bits per heavy atom. The van der Waals surface area contributed by atoms with Crippen LogP contribution < -0.4 is 5.56 Å². The van der Waals surface area contributed by atoms with Gasteiger partial charge in [-0.25, -0.2) is 4.98 Å². The molecule has 0 unspecified atom stereocenters. The van der Waals surface area contributed by atoms with E-state index in [2.05, 4.69) is 6.07 Å². The Kier molecular flexibility index (Phi) is 3.23. The Labute approximate surface area is 138 Å². The average Bonchev–Trinajstić information content (AvgIpc) is 2.90. The molecule has 0 bridgehead atoms. The van der Waals surface area contributed by atoms with Crippen molar-refractivity contribution in [2.75, 3.05) is 0 Å². The van der Waals surface area contributed by atoms with Gasteiger partial charge in [0.1, 0.15) is 6.61 Å². The molecule has 1 aromatic carbocycles. The van der Waals surface area contributed by atoms with Crippen LogP contribution in [0.4, 0.5) is 0 Å². The number of carbonyl (C=O) groups is 1. The first kappa shape index (κ1) is 14.6. The van der Waals surface area contributed by atoms with Crippen LogP contribution in [0.1, 0.15) is 23.6 Å². The molecular formula is C19H16N2O3. The zero-order valence-corrected chi connectivity index (χ0v) is 13.5. The molecule has 0 N–H and O–H groups in total. The molecule has 0 saturated heterocycles. The van der Waals surface area contributed by atoms with Crippen molar-refractivity contribution in [3.8, 4) is 11.4 Å². The lowest BCUT2D eigenvalue weighted by molar-refractivity contribution is -0.142. The van der Waals surface area contributed by atoms with Crippen molar-refractivity contribution in [2.24, 2.45) is 0 Å². The zero-order chi connectivity index (χ0) is 16.8. The van der Waals surface area contributed by atoms with Crippen molar-refractivity contribution in [3.05, 3.63) is 63.4 Å². The number of benzene rings is 1. The van der Waals surface area contributed by atoms with E-state index in [9.17, 15) is 9.59 Å². The highest BCUT2D eigenvalue weighted by Gasteiger charge is 2.24. The second-order valence-electron chi connectivity index (χ2n) is 6.05. The van der Waals surface area contributed by atoms with Crippen molar-refractivity contribution in [1.29, 1.82) is 0 Å². The maximum absolute atomic E-state index is 12.8. The molecule has 0 saturated carbocycles. The van der Waals surface area contributed by atoms with Crippen LogP contribution in [0.15, 0.2) is 41.2 Å². The fourth-order valence-corrected chi connectivity index (χ4v) is 3.19. The highest BCUT2D eigenvalue weighted by Crippen LogP contribution is 2.32. The van der Waals surface area contributed by atoms with Gasteiger partial charge in [-0.2, -0.15) is 0 Å². The third-order valence-electron chi connectivity index (χ3n) is 4.42. The van der Waals surface area contributed by atoms with Gasteiger partial charge in [-0.1, -0.05) is 18.2 Å². The SMILES string of the molecule is CC(=O)OCc1c(C)cc2n(c1=O)Cc1cc3ccccc3nc1-2. The molecule has 120 valence electrons. The Morgan fingerprint density at radius 1 is 1.29 bits per heavy atom. The van der Waals surface area contributed by atoms with Crippen molar-refractivity contribution in [2.45, 2.75) is 27.0 Å². The highest BCUT2D eigenvalue weighted by atomic mass is 16.5. The Bertz CT molecular complexity index is 1050. The molecule has 3 heterocycles. The molecule has 1 aliphatic heterocycles. The second kappa shape index (κ2) is 5.30. The van der Waals surface area contributed by atoms with Gasteiger partial charge in [0.25, 0.3) is 5.56 Å². The number of fused-ring (bicyclic) bond motifs is 4. The topological polar surface area (TPSA) is 61.2 Å². The lowest BCUT2D eigenvalue weighted by atomic mass is 10.1. The number of hydrogen-bond donors (Lipinski definition) is 0. The highest BCUT2D eigenvalue weighted by molar-refractivity contribution is 5.83. The summed E-state index contributed by atoms with van der Waals surface area (Å²) in [6.45, 7) is 3.70. The van der Waals surface area contributed by atoms with E-state index in [0.717, 1.165) is 33.4 Å². The third-order valence-corrected chi connectivity index (χ3v) is 4.42. The molecule has 1 aliphatic rings. The molecule has 0 amide bonds. The number of rotatable bonds is 2. The summed E-state index contributed by atoms with van der Waals surface area (Å²) in [4.78, 5) is 28.6. The van der Waals surface area contributed by atoms with Gasteiger partial charge in [0.15, 0.2) is 0 Å². The molecule has 4 rings (SSSR count). The molecule has 0 radical (unpaired) electrons. The summed E-state index contributed by atoms with van der Waals surface area (Å²) in [7, 11) is 0. The standard InChI is InChI=1S/C19H16N2O3/c1-11-7-17-18-14(8-13-5-3-4-6-16(13)20-18)9-21(17)19(23)15(11)10-24-12(2)22/h3-8H,9-10H2,1-2H3. The van der Waals surface area contributed by atoms with E-state index in [1.165, 1.54) is 6.92 Å². The average molecular weight is 320 g/mol. The number of para-hydroxylation sites is 1. The van der Waals surface area contributed by atoms with Crippen molar-refractivity contribution < 1.29 is 9.53 Å². The minimum Gasteiger partial charge on any atom is -0.461 e. The molecular weight excluding hydrogens is 304 g/mol. The predicted octanol–water partition coefficient (Wildman–Crippen LogP) is 2.80. The van der Waals surface area contributed by atoms with Gasteiger partial charge in [-0.15, -0.1) is 0 Å². The summed E-state index contributed by atoms with van der Waals surface area (Å²) in [5, 5.41) is 1.06. The lowest BCUT2D eigenvalue weighted by Crippen LogP contribution is -2.25. The van der Waals surface area contributed by atoms with Crippen LogP contribution in [0.2, 0.25) is 0 Å². The third kappa shape index (κ3) is 2.21. The van der Waals surface area contributed by atoms with Crippen LogP contribution in [0.3, 0.4) is 0 Å². The number of aromatic nitrogens is 2. The van der Waals surface area contributed by atoms with E-state index < -0.39 is 5.97 Å². The lowest BCUT2D eigenvalue weighted by Gasteiger charge is -2.10. The molecule has 24 heavy (non-hydrogen) atoms. The van der Waals surface area contributed by atoms with Crippen molar-refractivity contribution in [1.82, 2.24) is 9.55 Å². The van der Waals surface area contributed by atoms with Crippen LogP contribution >= 0.6 is 0 Å². The number of aryl methyl sites for hydroxylation is 1. The monoisotopic (exact) mass is 320 g/mol. The second-order valence-corrected chi connectivity index (χ2v) is 6.05. The summed E-state index contributed by atoms with van der Waals surface area (Å²) in [5.41, 5.74) is 4.85. The predicted molar refractivity (Wildman–Crippen MR) is 90.7 cm³/mol. The minimum atomic E-state index is -0.393. The molecule has 5 nitrogen and oxygen atoms in total. The summed E-state index contributed by atoms with van der Waals surface area (Å²) in [5.74, 6) is -0.393.